The number of aromatic nitrogens is 1. The van der Waals surface area contributed by atoms with E-state index in [1.165, 1.54) is 16.9 Å². The molecule has 2 nitrogen and oxygen atoms in total. The molecule has 0 saturated heterocycles. The average Bonchev–Trinajstić information content (AvgIpc) is 3.05. The molecule has 0 saturated carbocycles. The average molecular weight is 373 g/mol. The van der Waals surface area contributed by atoms with Crippen LogP contribution in [0.3, 0.4) is 0 Å². The summed E-state index contributed by atoms with van der Waals surface area (Å²) in [7, 11) is 0. The Morgan fingerprint density at radius 2 is 1.79 bits per heavy atom. The standard InChI is InChI=1S/C25H24FNO/c26-22-12-5-11-20(16-22)25-17-21-10-2-1-6-19(15-24(21)27-25)8-3-7-18-9-4-13-23(28)14-18/h4-6,9-17,27-28H,1-3,7-8H2/b19-6-,21-10-,24-15+. The van der Waals surface area contributed by atoms with Gasteiger partial charge < -0.3 is 10.1 Å². The minimum absolute atomic E-state index is 0.222. The van der Waals surface area contributed by atoms with Gasteiger partial charge in [0.05, 0.1) is 0 Å². The van der Waals surface area contributed by atoms with E-state index in [0.717, 1.165) is 54.3 Å². The molecule has 0 amide bonds. The number of nitrogens with one attached hydrogen (secondary N) is 1. The van der Waals surface area contributed by atoms with Gasteiger partial charge in [0.2, 0.25) is 0 Å². The third kappa shape index (κ3) is 4.42. The van der Waals surface area contributed by atoms with Crippen molar-refractivity contribution in [3.05, 3.63) is 88.2 Å². The predicted molar refractivity (Wildman–Crippen MR) is 113 cm³/mol. The van der Waals surface area contributed by atoms with Gasteiger partial charge in [0.25, 0.3) is 0 Å². The van der Waals surface area contributed by atoms with Gasteiger partial charge in [-0.3, -0.25) is 0 Å². The molecule has 0 atom stereocenters. The van der Waals surface area contributed by atoms with Gasteiger partial charge in [-0.15, -0.1) is 0 Å². The van der Waals surface area contributed by atoms with Crippen LogP contribution in [0.25, 0.3) is 23.4 Å². The maximum atomic E-state index is 13.6. The van der Waals surface area contributed by atoms with E-state index in [-0.39, 0.29) is 5.82 Å². The number of benzene rings is 2. The van der Waals surface area contributed by atoms with Crippen molar-refractivity contribution in [3.63, 3.8) is 0 Å². The minimum Gasteiger partial charge on any atom is -0.508 e. The zero-order chi connectivity index (χ0) is 19.3. The summed E-state index contributed by atoms with van der Waals surface area (Å²) >= 11 is 0. The first-order valence-electron chi connectivity index (χ1n) is 9.81. The molecule has 1 heterocycles. The van der Waals surface area contributed by atoms with Gasteiger partial charge in [-0.1, -0.05) is 36.4 Å². The van der Waals surface area contributed by atoms with Gasteiger partial charge in [-0.25, -0.2) is 4.39 Å². The molecule has 1 aliphatic rings. The lowest BCUT2D eigenvalue weighted by atomic mass is 10.0. The second-order valence-corrected chi connectivity index (χ2v) is 7.29. The van der Waals surface area contributed by atoms with Gasteiger partial charge in [-0.05, 0) is 84.9 Å². The van der Waals surface area contributed by atoms with E-state index in [1.807, 2.05) is 18.2 Å². The van der Waals surface area contributed by atoms with Crippen LogP contribution in [0.1, 0.15) is 31.2 Å². The van der Waals surface area contributed by atoms with E-state index in [2.05, 4.69) is 35.3 Å². The number of fused-ring (bicyclic) bond motifs is 1. The third-order valence-electron chi connectivity index (χ3n) is 5.12. The van der Waals surface area contributed by atoms with Crippen molar-refractivity contribution in [1.82, 2.24) is 4.98 Å². The molecular formula is C25H24FNO. The molecule has 3 heteroatoms. The summed E-state index contributed by atoms with van der Waals surface area (Å²) in [6, 6.07) is 16.3. The summed E-state index contributed by atoms with van der Waals surface area (Å²) in [4.78, 5) is 3.46. The number of aromatic amines is 1. The van der Waals surface area contributed by atoms with Gasteiger partial charge in [-0.2, -0.15) is 0 Å². The van der Waals surface area contributed by atoms with Crippen LogP contribution in [0.2, 0.25) is 0 Å². The van der Waals surface area contributed by atoms with Gasteiger partial charge in [0.15, 0.2) is 0 Å². The molecule has 0 bridgehead atoms. The molecule has 0 spiro atoms. The molecule has 1 aliphatic carbocycles. The van der Waals surface area contributed by atoms with E-state index in [1.54, 1.807) is 18.2 Å². The van der Waals surface area contributed by atoms with Gasteiger partial charge in [0.1, 0.15) is 11.6 Å². The van der Waals surface area contributed by atoms with Crippen molar-refractivity contribution in [1.29, 1.82) is 0 Å². The minimum atomic E-state index is -0.222. The molecule has 0 radical (unpaired) electrons. The van der Waals surface area contributed by atoms with Gasteiger partial charge in [0, 0.05) is 16.6 Å². The van der Waals surface area contributed by atoms with Crippen molar-refractivity contribution < 1.29 is 9.50 Å². The second-order valence-electron chi connectivity index (χ2n) is 7.29. The smallest absolute Gasteiger partial charge is 0.123 e. The number of allylic oxidation sites excluding steroid dienone is 2. The largest absolute Gasteiger partial charge is 0.508 e. The molecule has 0 fully saturated rings. The zero-order valence-corrected chi connectivity index (χ0v) is 15.8. The van der Waals surface area contributed by atoms with Crippen LogP contribution < -0.4 is 10.6 Å². The number of aromatic hydroxyl groups is 1. The number of aryl methyl sites for hydroxylation is 1. The zero-order valence-electron chi connectivity index (χ0n) is 15.8. The summed E-state index contributed by atoms with van der Waals surface area (Å²) in [5.41, 5.74) is 4.29. The highest BCUT2D eigenvalue weighted by Crippen LogP contribution is 2.18. The van der Waals surface area contributed by atoms with Crippen LogP contribution >= 0.6 is 0 Å². The van der Waals surface area contributed by atoms with Crippen LogP contribution in [-0.4, -0.2) is 10.1 Å². The van der Waals surface area contributed by atoms with Crippen molar-refractivity contribution >= 4 is 12.2 Å². The van der Waals surface area contributed by atoms with E-state index in [0.29, 0.717) is 5.75 Å². The van der Waals surface area contributed by atoms with Crippen molar-refractivity contribution in [2.24, 2.45) is 0 Å². The molecule has 1 aromatic heterocycles. The highest BCUT2D eigenvalue weighted by molar-refractivity contribution is 5.61. The van der Waals surface area contributed by atoms with E-state index < -0.39 is 0 Å². The highest BCUT2D eigenvalue weighted by Gasteiger charge is 2.05. The van der Waals surface area contributed by atoms with Gasteiger partial charge >= 0.3 is 0 Å². The number of phenols is 1. The Labute approximate surface area is 164 Å². The molecule has 28 heavy (non-hydrogen) atoms. The van der Waals surface area contributed by atoms with Crippen molar-refractivity contribution in [2.45, 2.75) is 32.1 Å². The normalized spacial score (nSPS) is 17.8. The van der Waals surface area contributed by atoms with Crippen molar-refractivity contribution in [2.75, 3.05) is 0 Å². The summed E-state index contributed by atoms with van der Waals surface area (Å²) in [6.45, 7) is 0. The number of phenolic OH excluding ortho intramolecular Hbond substituents is 1. The van der Waals surface area contributed by atoms with E-state index in [9.17, 15) is 9.50 Å². The number of rotatable bonds is 5. The fourth-order valence-corrected chi connectivity index (χ4v) is 3.72. The Bertz CT molecular complexity index is 1120. The number of hydrogen-bond donors (Lipinski definition) is 2. The molecule has 0 aliphatic heterocycles. The second kappa shape index (κ2) is 8.30. The number of H-pyrrole nitrogens is 1. The SMILES string of the molecule is Oc1cccc(CCCC2=C\CC/C=c3/cc(-c4cccc(F)c4)[nH]/c3=C/2)c1. The first-order chi connectivity index (χ1) is 13.7. The highest BCUT2D eigenvalue weighted by atomic mass is 19.1. The first kappa shape index (κ1) is 18.3. The molecular weight excluding hydrogens is 349 g/mol. The third-order valence-corrected chi connectivity index (χ3v) is 5.12. The van der Waals surface area contributed by atoms with E-state index >= 15 is 0 Å². The van der Waals surface area contributed by atoms with Crippen LogP contribution in [-0.2, 0) is 6.42 Å². The maximum Gasteiger partial charge on any atom is 0.123 e. The molecule has 0 unspecified atom stereocenters. The van der Waals surface area contributed by atoms with Crippen LogP contribution in [0.4, 0.5) is 4.39 Å². The summed E-state index contributed by atoms with van der Waals surface area (Å²) < 4.78 is 13.6. The molecule has 2 aromatic carbocycles. The Hall–Kier alpha value is -3.07. The first-order valence-corrected chi connectivity index (χ1v) is 9.81. The lowest BCUT2D eigenvalue weighted by Gasteiger charge is -2.05. The summed E-state index contributed by atoms with van der Waals surface area (Å²) in [5.74, 6) is 0.102. The van der Waals surface area contributed by atoms with Crippen LogP contribution in [0, 0.1) is 5.82 Å². The van der Waals surface area contributed by atoms with Crippen LogP contribution in [0.5, 0.6) is 5.75 Å². The molecule has 4 rings (SSSR count). The Kier molecular flexibility index (Phi) is 5.43. The quantitative estimate of drug-likeness (QED) is 0.660. The topological polar surface area (TPSA) is 36.0 Å². The number of hydrogen-bond acceptors (Lipinski definition) is 1. The van der Waals surface area contributed by atoms with E-state index in [4.69, 9.17) is 0 Å². The summed E-state index contributed by atoms with van der Waals surface area (Å²) in [5, 5.41) is 11.9. The fourth-order valence-electron chi connectivity index (χ4n) is 3.72. The Morgan fingerprint density at radius 3 is 2.64 bits per heavy atom. The monoisotopic (exact) mass is 373 g/mol. The van der Waals surface area contributed by atoms with Crippen molar-refractivity contribution in [3.8, 4) is 17.0 Å². The predicted octanol–water partition coefficient (Wildman–Crippen LogP) is 4.83. The number of halogens is 1. The molecule has 2 N–H and O–H groups in total. The lowest BCUT2D eigenvalue weighted by molar-refractivity contribution is 0.474. The Balaban J connectivity index is 1.54. The summed E-state index contributed by atoms with van der Waals surface area (Å²) in [6.07, 6.45) is 11.8. The Morgan fingerprint density at radius 1 is 0.929 bits per heavy atom. The maximum absolute atomic E-state index is 13.6. The molecule has 3 aromatic rings. The lowest BCUT2D eigenvalue weighted by Crippen LogP contribution is -2.22. The van der Waals surface area contributed by atoms with Crippen LogP contribution in [0.15, 0.2) is 66.2 Å². The fraction of sp³-hybridized carbons (Fsp3) is 0.200. The molecule has 142 valence electrons.